The van der Waals surface area contributed by atoms with Gasteiger partial charge in [0.15, 0.2) is 12.6 Å². The van der Waals surface area contributed by atoms with Gasteiger partial charge in [0.1, 0.15) is 28.7 Å². The van der Waals surface area contributed by atoms with Crippen LogP contribution in [-0.2, 0) is 9.47 Å². The lowest BCUT2D eigenvalue weighted by atomic mass is 9.94. The number of hydrogen-bond donors (Lipinski definition) is 0. The van der Waals surface area contributed by atoms with Gasteiger partial charge in [-0.05, 0) is 76.5 Å². The van der Waals surface area contributed by atoms with Crippen molar-refractivity contribution in [2.24, 2.45) is 0 Å². The zero-order valence-electron chi connectivity index (χ0n) is 28.8. The molecule has 45 heavy (non-hydrogen) atoms. The largest absolute Gasteiger partial charge is 0.468 e. The van der Waals surface area contributed by atoms with Gasteiger partial charge in [0, 0.05) is 57.9 Å². The summed E-state index contributed by atoms with van der Waals surface area (Å²) in [6.45, 7) is 4.94. The molecule has 2 aliphatic heterocycles. The van der Waals surface area contributed by atoms with Crippen LogP contribution in [-0.4, -0.2) is 65.6 Å². The first kappa shape index (κ1) is 26.9. The lowest BCUT2D eigenvalue weighted by molar-refractivity contribution is 0.0123. The van der Waals surface area contributed by atoms with Crippen LogP contribution >= 0.6 is 0 Å². The average Bonchev–Trinajstić information content (AvgIpc) is 3.27. The van der Waals surface area contributed by atoms with E-state index in [1.165, 1.54) is 38.4 Å². The molecule has 2 aromatic carbocycles. The third-order valence-electron chi connectivity index (χ3n) is 8.32. The SMILES string of the molecule is [2H]C([2H])([2H])c1c(C)nc(N2CC3CCC(C2)N3C(=O)OC(C)(C)C)c2cnc(-c3cc(OCOC)cc4ccc(F)c(C#C)c34)c(F)c12. The van der Waals surface area contributed by atoms with Gasteiger partial charge >= 0.3 is 6.09 Å². The Hall–Kier alpha value is -4.49. The topological polar surface area (TPSA) is 77.0 Å². The van der Waals surface area contributed by atoms with Crippen LogP contribution in [0, 0.1) is 37.8 Å². The number of hydrogen-bond acceptors (Lipinski definition) is 7. The number of aryl methyl sites for hydroxylation is 2. The van der Waals surface area contributed by atoms with Crippen LogP contribution in [0.5, 0.6) is 5.75 Å². The number of carbonyl (C=O) groups is 1. The van der Waals surface area contributed by atoms with E-state index < -0.39 is 24.1 Å². The maximum atomic E-state index is 17.2. The second-order valence-electron chi connectivity index (χ2n) is 12.5. The van der Waals surface area contributed by atoms with Gasteiger partial charge in [-0.15, -0.1) is 6.42 Å². The summed E-state index contributed by atoms with van der Waals surface area (Å²) in [7, 11) is 1.45. The number of rotatable bonds is 5. The number of methoxy groups -OCH3 is 1. The van der Waals surface area contributed by atoms with Crippen LogP contribution < -0.4 is 9.64 Å². The van der Waals surface area contributed by atoms with Crippen molar-refractivity contribution in [2.75, 3.05) is 31.9 Å². The highest BCUT2D eigenvalue weighted by Crippen LogP contribution is 2.41. The second kappa shape index (κ2) is 11.5. The van der Waals surface area contributed by atoms with E-state index in [9.17, 15) is 4.79 Å². The van der Waals surface area contributed by atoms with E-state index in [1.54, 1.807) is 11.0 Å². The molecular formula is C35H36F2N4O4. The van der Waals surface area contributed by atoms with Gasteiger partial charge < -0.3 is 19.1 Å². The van der Waals surface area contributed by atoms with Gasteiger partial charge in [-0.3, -0.25) is 9.88 Å². The molecule has 2 bridgehead atoms. The molecule has 0 aliphatic carbocycles. The average molecular weight is 618 g/mol. The summed E-state index contributed by atoms with van der Waals surface area (Å²) >= 11 is 0. The third kappa shape index (κ3) is 5.39. The molecule has 2 aromatic heterocycles. The van der Waals surface area contributed by atoms with E-state index in [-0.39, 0.29) is 75.0 Å². The first-order valence-electron chi connectivity index (χ1n) is 16.2. The maximum absolute atomic E-state index is 17.2. The number of anilines is 1. The van der Waals surface area contributed by atoms with Gasteiger partial charge in [0.05, 0.1) is 17.6 Å². The van der Waals surface area contributed by atoms with Crippen molar-refractivity contribution in [3.05, 3.63) is 58.9 Å². The number of ether oxygens (including phenoxy) is 3. The van der Waals surface area contributed by atoms with E-state index in [2.05, 4.69) is 10.9 Å². The van der Waals surface area contributed by atoms with Crippen molar-refractivity contribution < 1.29 is 31.9 Å². The zero-order valence-corrected chi connectivity index (χ0v) is 25.8. The molecule has 1 amide bonds. The maximum Gasteiger partial charge on any atom is 0.410 e. The number of benzene rings is 2. The lowest BCUT2D eigenvalue weighted by Gasteiger charge is -2.42. The molecule has 2 atom stereocenters. The van der Waals surface area contributed by atoms with Gasteiger partial charge in [0.25, 0.3) is 0 Å². The highest BCUT2D eigenvalue weighted by atomic mass is 19.1. The Morgan fingerprint density at radius 2 is 1.91 bits per heavy atom. The minimum absolute atomic E-state index is 0.0944. The molecule has 2 unspecified atom stereocenters. The molecule has 0 N–H and O–H groups in total. The van der Waals surface area contributed by atoms with Gasteiger partial charge in [-0.25, -0.2) is 18.6 Å². The Labute approximate surface area is 265 Å². The molecule has 0 radical (unpaired) electrons. The molecule has 6 rings (SSSR count). The summed E-state index contributed by atoms with van der Waals surface area (Å²) in [5, 5.41) is 0.733. The fourth-order valence-corrected chi connectivity index (χ4v) is 6.43. The van der Waals surface area contributed by atoms with Gasteiger partial charge in [-0.1, -0.05) is 12.0 Å². The minimum Gasteiger partial charge on any atom is -0.468 e. The third-order valence-corrected chi connectivity index (χ3v) is 8.32. The number of fused-ring (bicyclic) bond motifs is 4. The van der Waals surface area contributed by atoms with Crippen molar-refractivity contribution in [1.29, 1.82) is 0 Å². The summed E-state index contributed by atoms with van der Waals surface area (Å²) in [6, 6.07) is 5.48. The smallest absolute Gasteiger partial charge is 0.410 e. The second-order valence-corrected chi connectivity index (χ2v) is 12.5. The van der Waals surface area contributed by atoms with E-state index in [1.807, 2.05) is 25.7 Å². The predicted molar refractivity (Wildman–Crippen MR) is 169 cm³/mol. The number of amides is 1. The van der Waals surface area contributed by atoms with Crippen molar-refractivity contribution in [3.8, 4) is 29.4 Å². The molecule has 0 spiro atoms. The molecule has 234 valence electrons. The van der Waals surface area contributed by atoms with Crippen LogP contribution in [0.25, 0.3) is 32.8 Å². The first-order chi connectivity index (χ1) is 22.6. The van der Waals surface area contributed by atoms with Crippen molar-refractivity contribution in [1.82, 2.24) is 14.9 Å². The minimum atomic E-state index is -2.73. The predicted octanol–water partition coefficient (Wildman–Crippen LogP) is 6.90. The molecule has 2 saturated heterocycles. The quantitative estimate of drug-likeness (QED) is 0.178. The number of halogens is 2. The Morgan fingerprint density at radius 3 is 2.56 bits per heavy atom. The highest BCUT2D eigenvalue weighted by Gasteiger charge is 2.45. The van der Waals surface area contributed by atoms with Crippen LogP contribution in [0.3, 0.4) is 0 Å². The molecule has 4 heterocycles. The standard InChI is InChI=1S/C35H36F2N4O4/c1-8-25-28(36)12-9-21-13-24(44-18-43-7)14-26(30(21)25)32-31(37)29-19(2)20(3)39-33(27(29)15-38-32)40-16-22-10-11-23(17-40)41(22)34(42)45-35(4,5)6/h1,9,12-15,22-23H,10-11,16-18H2,2-7H3/i2D3. The number of pyridine rings is 2. The molecule has 10 heteroatoms. The Balaban J connectivity index is 1.54. The normalized spacial score (nSPS) is 19.3. The molecule has 2 fully saturated rings. The molecule has 4 aromatic rings. The zero-order chi connectivity index (χ0) is 34.7. The summed E-state index contributed by atoms with van der Waals surface area (Å²) in [5.41, 5.74) is -0.966. The van der Waals surface area contributed by atoms with E-state index >= 15 is 8.78 Å². The number of piperazine rings is 1. The number of aromatic nitrogens is 2. The van der Waals surface area contributed by atoms with Crippen molar-refractivity contribution >= 4 is 33.5 Å². The number of terminal acetylenes is 1. The molecule has 0 saturated carbocycles. The number of nitrogens with zero attached hydrogens (tertiary/aromatic N) is 4. The fourth-order valence-electron chi connectivity index (χ4n) is 6.43. The fraction of sp³-hybridized carbons (Fsp3) is 0.400. The van der Waals surface area contributed by atoms with E-state index in [0.29, 0.717) is 24.3 Å². The lowest BCUT2D eigenvalue weighted by Crippen LogP contribution is -2.57. The summed E-state index contributed by atoms with van der Waals surface area (Å²) in [5.74, 6) is 1.43. The first-order valence-corrected chi connectivity index (χ1v) is 14.7. The summed E-state index contributed by atoms with van der Waals surface area (Å²) < 4.78 is 73.6. The van der Waals surface area contributed by atoms with Gasteiger partial charge in [-0.2, -0.15) is 0 Å². The van der Waals surface area contributed by atoms with E-state index in [4.69, 9.17) is 29.7 Å². The van der Waals surface area contributed by atoms with Crippen LogP contribution in [0.15, 0.2) is 30.5 Å². The molecule has 8 nitrogen and oxygen atoms in total. The Bertz CT molecular complexity index is 1980. The van der Waals surface area contributed by atoms with E-state index in [0.717, 1.165) is 12.8 Å². The number of carbonyl (C=O) groups excluding carboxylic acids is 1. The van der Waals surface area contributed by atoms with Gasteiger partial charge in [0.2, 0.25) is 0 Å². The summed E-state index contributed by atoms with van der Waals surface area (Å²) in [4.78, 5) is 26.1. The summed E-state index contributed by atoms with van der Waals surface area (Å²) in [6.07, 6.45) is 8.25. The monoisotopic (exact) mass is 617 g/mol. The molecular weight excluding hydrogens is 578 g/mol. The van der Waals surface area contributed by atoms with Crippen LogP contribution in [0.1, 0.15) is 54.5 Å². The molecule has 2 aliphatic rings. The van der Waals surface area contributed by atoms with Crippen molar-refractivity contribution in [3.63, 3.8) is 0 Å². The highest BCUT2D eigenvalue weighted by molar-refractivity contribution is 6.04. The Morgan fingerprint density at radius 1 is 1.18 bits per heavy atom. The Kier molecular flexibility index (Phi) is 6.84. The van der Waals surface area contributed by atoms with Crippen LogP contribution in [0.4, 0.5) is 19.4 Å². The van der Waals surface area contributed by atoms with Crippen molar-refractivity contribution in [2.45, 2.75) is 65.1 Å². The van der Waals surface area contributed by atoms with Crippen LogP contribution in [0.2, 0.25) is 0 Å².